The minimum Gasteiger partial charge on any atom is -0.481 e. The topological polar surface area (TPSA) is 77.8 Å². The van der Waals surface area contributed by atoms with E-state index in [-0.39, 0.29) is 13.0 Å². The minimum absolute atomic E-state index is 0.00649. The molecular weight excluding hydrogens is 186 g/mol. The zero-order valence-electron chi connectivity index (χ0n) is 8.40. The second kappa shape index (κ2) is 7.32. The highest BCUT2D eigenvalue weighted by Crippen LogP contribution is 1.97. The summed E-state index contributed by atoms with van der Waals surface area (Å²) in [5.41, 5.74) is 0. The van der Waals surface area contributed by atoms with Crippen LogP contribution in [0.3, 0.4) is 0 Å². The number of hydrogen-bond acceptors (Lipinski definition) is 3. The number of hydrogen-bond donors (Lipinski definition) is 2. The van der Waals surface area contributed by atoms with Crippen molar-refractivity contribution in [3.63, 3.8) is 0 Å². The molecule has 0 bridgehead atoms. The smallest absolute Gasteiger partial charge is 0.317 e. The van der Waals surface area contributed by atoms with Crippen LogP contribution in [0.2, 0.25) is 0 Å². The number of carboxylic acid groups (broad SMARTS) is 2. The summed E-state index contributed by atoms with van der Waals surface area (Å²) in [5.74, 6) is -1.70. The summed E-state index contributed by atoms with van der Waals surface area (Å²) in [4.78, 5) is 22.4. The highest BCUT2D eigenvalue weighted by molar-refractivity contribution is 5.69. The second-order valence-electron chi connectivity index (χ2n) is 3.17. The Morgan fingerprint density at radius 3 is 2.21 bits per heavy atom. The maximum absolute atomic E-state index is 10.4. The van der Waals surface area contributed by atoms with E-state index in [0.29, 0.717) is 19.5 Å². The van der Waals surface area contributed by atoms with Gasteiger partial charge in [-0.3, -0.25) is 14.5 Å². The van der Waals surface area contributed by atoms with Gasteiger partial charge in [0.2, 0.25) is 0 Å². The lowest BCUT2D eigenvalue weighted by atomic mass is 10.3. The molecule has 0 aliphatic rings. The van der Waals surface area contributed by atoms with Gasteiger partial charge in [-0.05, 0) is 25.9 Å². The molecule has 0 saturated heterocycles. The van der Waals surface area contributed by atoms with Crippen molar-refractivity contribution in [3.8, 4) is 0 Å². The van der Waals surface area contributed by atoms with Crippen LogP contribution in [0.25, 0.3) is 0 Å². The van der Waals surface area contributed by atoms with Crippen LogP contribution in [-0.2, 0) is 9.59 Å². The predicted octanol–water partition coefficient (Wildman–Crippen LogP) is 0.648. The van der Waals surface area contributed by atoms with Crippen LogP contribution in [0.1, 0.15) is 26.2 Å². The van der Waals surface area contributed by atoms with E-state index >= 15 is 0 Å². The van der Waals surface area contributed by atoms with Crippen LogP contribution in [-0.4, -0.2) is 46.7 Å². The molecule has 0 radical (unpaired) electrons. The van der Waals surface area contributed by atoms with Crippen molar-refractivity contribution in [2.75, 3.05) is 19.6 Å². The van der Waals surface area contributed by atoms with Crippen molar-refractivity contribution in [2.45, 2.75) is 26.2 Å². The van der Waals surface area contributed by atoms with E-state index in [2.05, 4.69) is 0 Å². The van der Waals surface area contributed by atoms with Crippen molar-refractivity contribution in [1.29, 1.82) is 0 Å². The van der Waals surface area contributed by atoms with E-state index in [1.807, 2.05) is 6.92 Å². The van der Waals surface area contributed by atoms with Crippen molar-refractivity contribution < 1.29 is 19.8 Å². The first-order valence-corrected chi connectivity index (χ1v) is 4.72. The summed E-state index contributed by atoms with van der Waals surface area (Å²) in [6, 6.07) is 0. The molecule has 5 heteroatoms. The van der Waals surface area contributed by atoms with Crippen LogP contribution in [0.5, 0.6) is 0 Å². The number of carbonyl (C=O) groups is 2. The highest BCUT2D eigenvalue weighted by Gasteiger charge is 2.08. The maximum atomic E-state index is 10.4. The zero-order chi connectivity index (χ0) is 11.0. The summed E-state index contributed by atoms with van der Waals surface area (Å²) >= 11 is 0. The third-order valence-corrected chi connectivity index (χ3v) is 1.76. The van der Waals surface area contributed by atoms with Crippen LogP contribution < -0.4 is 0 Å². The van der Waals surface area contributed by atoms with E-state index in [9.17, 15) is 9.59 Å². The van der Waals surface area contributed by atoms with Gasteiger partial charge in [0.25, 0.3) is 0 Å². The van der Waals surface area contributed by atoms with Gasteiger partial charge in [0.1, 0.15) is 0 Å². The summed E-state index contributed by atoms with van der Waals surface area (Å²) in [5, 5.41) is 17.0. The number of carboxylic acids is 2. The molecule has 0 spiro atoms. The summed E-state index contributed by atoms with van der Waals surface area (Å²) in [6.07, 6.45) is 1.47. The Labute approximate surface area is 83.3 Å². The monoisotopic (exact) mass is 203 g/mol. The number of rotatable bonds is 8. The third kappa shape index (κ3) is 7.54. The average molecular weight is 203 g/mol. The SMILES string of the molecule is CCCN(CCCC(=O)O)CC(=O)O. The lowest BCUT2D eigenvalue weighted by Crippen LogP contribution is -2.31. The van der Waals surface area contributed by atoms with E-state index in [1.54, 1.807) is 4.90 Å². The van der Waals surface area contributed by atoms with Gasteiger partial charge >= 0.3 is 11.9 Å². The summed E-state index contributed by atoms with van der Waals surface area (Å²) in [7, 11) is 0. The Kier molecular flexibility index (Phi) is 6.74. The summed E-state index contributed by atoms with van der Waals surface area (Å²) in [6.45, 7) is 3.19. The molecule has 14 heavy (non-hydrogen) atoms. The standard InChI is InChI=1S/C9H17NO4/c1-2-5-10(7-9(13)14)6-3-4-8(11)12/h2-7H2,1H3,(H,11,12)(H,13,14). The Bertz CT molecular complexity index is 193. The van der Waals surface area contributed by atoms with Gasteiger partial charge in [0, 0.05) is 6.42 Å². The molecule has 0 saturated carbocycles. The van der Waals surface area contributed by atoms with Crippen LogP contribution in [0.15, 0.2) is 0 Å². The molecule has 0 fully saturated rings. The molecule has 0 aromatic heterocycles. The fourth-order valence-corrected chi connectivity index (χ4v) is 1.23. The first kappa shape index (κ1) is 12.9. The largest absolute Gasteiger partial charge is 0.481 e. The Morgan fingerprint density at radius 1 is 1.14 bits per heavy atom. The van der Waals surface area contributed by atoms with E-state index < -0.39 is 11.9 Å². The molecule has 0 rings (SSSR count). The molecule has 0 aliphatic heterocycles. The second-order valence-corrected chi connectivity index (χ2v) is 3.17. The molecule has 0 atom stereocenters. The molecule has 0 aromatic carbocycles. The number of aliphatic carboxylic acids is 2. The molecule has 0 aliphatic carbocycles. The lowest BCUT2D eigenvalue weighted by molar-refractivity contribution is -0.138. The molecular formula is C9H17NO4. The molecule has 0 unspecified atom stereocenters. The van der Waals surface area contributed by atoms with E-state index in [4.69, 9.17) is 10.2 Å². The van der Waals surface area contributed by atoms with Crippen LogP contribution in [0.4, 0.5) is 0 Å². The average Bonchev–Trinajstić information content (AvgIpc) is 2.02. The molecule has 0 amide bonds. The van der Waals surface area contributed by atoms with Gasteiger partial charge in [-0.25, -0.2) is 0 Å². The first-order chi connectivity index (χ1) is 6.56. The van der Waals surface area contributed by atoms with Gasteiger partial charge in [0.05, 0.1) is 6.54 Å². The van der Waals surface area contributed by atoms with Gasteiger partial charge in [-0.15, -0.1) is 0 Å². The molecule has 0 heterocycles. The van der Waals surface area contributed by atoms with Gasteiger partial charge in [-0.2, -0.15) is 0 Å². The lowest BCUT2D eigenvalue weighted by Gasteiger charge is -2.18. The van der Waals surface area contributed by atoms with Crippen molar-refractivity contribution in [1.82, 2.24) is 4.90 Å². The predicted molar refractivity (Wildman–Crippen MR) is 51.2 cm³/mol. The molecule has 0 aromatic rings. The van der Waals surface area contributed by atoms with Crippen molar-refractivity contribution in [3.05, 3.63) is 0 Å². The third-order valence-electron chi connectivity index (χ3n) is 1.76. The Morgan fingerprint density at radius 2 is 1.79 bits per heavy atom. The minimum atomic E-state index is -0.867. The van der Waals surface area contributed by atoms with Crippen LogP contribution in [0, 0.1) is 0 Å². The zero-order valence-corrected chi connectivity index (χ0v) is 8.40. The van der Waals surface area contributed by atoms with Crippen molar-refractivity contribution in [2.24, 2.45) is 0 Å². The quantitative estimate of drug-likeness (QED) is 0.605. The normalized spacial score (nSPS) is 10.4. The van der Waals surface area contributed by atoms with Crippen molar-refractivity contribution >= 4 is 11.9 Å². The Hall–Kier alpha value is -1.10. The van der Waals surface area contributed by atoms with Gasteiger partial charge in [-0.1, -0.05) is 6.92 Å². The fraction of sp³-hybridized carbons (Fsp3) is 0.778. The fourth-order valence-electron chi connectivity index (χ4n) is 1.23. The highest BCUT2D eigenvalue weighted by atomic mass is 16.4. The van der Waals surface area contributed by atoms with E-state index in [0.717, 1.165) is 6.42 Å². The summed E-state index contributed by atoms with van der Waals surface area (Å²) < 4.78 is 0. The molecule has 2 N–H and O–H groups in total. The molecule has 5 nitrogen and oxygen atoms in total. The number of nitrogens with zero attached hydrogens (tertiary/aromatic N) is 1. The molecule has 82 valence electrons. The van der Waals surface area contributed by atoms with Gasteiger partial charge < -0.3 is 10.2 Å². The van der Waals surface area contributed by atoms with Crippen LogP contribution >= 0.6 is 0 Å². The Balaban J connectivity index is 3.72. The maximum Gasteiger partial charge on any atom is 0.317 e. The van der Waals surface area contributed by atoms with E-state index in [1.165, 1.54) is 0 Å². The first-order valence-electron chi connectivity index (χ1n) is 4.72. The van der Waals surface area contributed by atoms with Gasteiger partial charge in [0.15, 0.2) is 0 Å².